The third kappa shape index (κ3) is 4.54. The zero-order valence-electron chi connectivity index (χ0n) is 12.9. The fourth-order valence-corrected chi connectivity index (χ4v) is 2.90. The summed E-state index contributed by atoms with van der Waals surface area (Å²) in [5, 5.41) is 3.71. The van der Waals surface area contributed by atoms with Gasteiger partial charge in [0.2, 0.25) is 0 Å². The Balaban J connectivity index is 1.92. The van der Waals surface area contributed by atoms with E-state index in [4.69, 9.17) is 0 Å². The van der Waals surface area contributed by atoms with Gasteiger partial charge in [-0.25, -0.2) is 0 Å². The molecule has 0 aromatic heterocycles. The highest BCUT2D eigenvalue weighted by molar-refractivity contribution is 5.46. The molecule has 1 aliphatic rings. The maximum Gasteiger partial charge on any atom is 0.0345 e. The van der Waals surface area contributed by atoms with E-state index in [1.165, 1.54) is 36.9 Å². The minimum absolute atomic E-state index is 0.547. The largest absolute Gasteiger partial charge is 0.382 e. The van der Waals surface area contributed by atoms with Crippen LogP contribution in [0.25, 0.3) is 0 Å². The van der Waals surface area contributed by atoms with Crippen molar-refractivity contribution in [3.05, 3.63) is 29.8 Å². The first kappa shape index (κ1) is 14.4. The summed E-state index contributed by atoms with van der Waals surface area (Å²) in [6.45, 7) is 5.79. The van der Waals surface area contributed by atoms with Crippen LogP contribution in [0.4, 0.5) is 5.69 Å². The Hall–Kier alpha value is -1.02. The van der Waals surface area contributed by atoms with Gasteiger partial charge in [-0.05, 0) is 62.9 Å². The molecule has 0 atom stereocenters. The van der Waals surface area contributed by atoms with Crippen molar-refractivity contribution < 1.29 is 0 Å². The SMILES string of the molecule is CN(C)Cc1cccc(NC2CCC(C)(C)CC2)c1. The van der Waals surface area contributed by atoms with E-state index in [1.54, 1.807) is 0 Å². The highest BCUT2D eigenvalue weighted by Gasteiger charge is 2.26. The first-order valence-electron chi connectivity index (χ1n) is 7.45. The molecule has 0 amide bonds. The quantitative estimate of drug-likeness (QED) is 0.875. The molecule has 19 heavy (non-hydrogen) atoms. The Labute approximate surface area is 118 Å². The zero-order valence-corrected chi connectivity index (χ0v) is 12.9. The van der Waals surface area contributed by atoms with E-state index in [0.717, 1.165) is 6.54 Å². The lowest BCUT2D eigenvalue weighted by Gasteiger charge is -2.35. The van der Waals surface area contributed by atoms with Gasteiger partial charge in [-0.2, -0.15) is 0 Å². The van der Waals surface area contributed by atoms with Gasteiger partial charge in [-0.15, -0.1) is 0 Å². The standard InChI is InChI=1S/C17H28N2/c1-17(2)10-8-15(9-11-17)18-16-7-5-6-14(12-16)13-19(3)4/h5-7,12,15,18H,8-11,13H2,1-4H3. The first-order chi connectivity index (χ1) is 8.94. The second-order valence-corrected chi connectivity index (χ2v) is 7.02. The molecule has 0 heterocycles. The van der Waals surface area contributed by atoms with Crippen LogP contribution in [0.1, 0.15) is 45.1 Å². The number of nitrogens with one attached hydrogen (secondary N) is 1. The Bertz CT molecular complexity index is 399. The van der Waals surface area contributed by atoms with Gasteiger partial charge in [0.15, 0.2) is 0 Å². The van der Waals surface area contributed by atoms with Gasteiger partial charge in [-0.3, -0.25) is 0 Å². The molecule has 0 aliphatic heterocycles. The third-order valence-corrected chi connectivity index (χ3v) is 4.14. The summed E-state index contributed by atoms with van der Waals surface area (Å²) >= 11 is 0. The second kappa shape index (κ2) is 5.96. The van der Waals surface area contributed by atoms with Crippen LogP contribution in [0.15, 0.2) is 24.3 Å². The Kier molecular flexibility index (Phi) is 4.51. The van der Waals surface area contributed by atoms with Crippen molar-refractivity contribution in [1.29, 1.82) is 0 Å². The lowest BCUT2D eigenvalue weighted by atomic mass is 9.75. The van der Waals surface area contributed by atoms with Crippen LogP contribution in [0.2, 0.25) is 0 Å². The van der Waals surface area contributed by atoms with Crippen LogP contribution in [-0.2, 0) is 6.54 Å². The predicted molar refractivity (Wildman–Crippen MR) is 83.5 cm³/mol. The van der Waals surface area contributed by atoms with Gasteiger partial charge in [0.05, 0.1) is 0 Å². The van der Waals surface area contributed by atoms with E-state index >= 15 is 0 Å². The van der Waals surface area contributed by atoms with Crippen molar-refractivity contribution in [2.45, 2.75) is 52.1 Å². The molecule has 1 N–H and O–H groups in total. The summed E-state index contributed by atoms with van der Waals surface area (Å²) in [5.74, 6) is 0. The number of nitrogens with zero attached hydrogens (tertiary/aromatic N) is 1. The van der Waals surface area contributed by atoms with Gasteiger partial charge in [0.25, 0.3) is 0 Å². The minimum atomic E-state index is 0.547. The molecule has 2 rings (SSSR count). The normalized spacial score (nSPS) is 19.6. The molecule has 0 spiro atoms. The highest BCUT2D eigenvalue weighted by atomic mass is 15.0. The second-order valence-electron chi connectivity index (χ2n) is 7.02. The van der Waals surface area contributed by atoms with E-state index in [0.29, 0.717) is 11.5 Å². The third-order valence-electron chi connectivity index (χ3n) is 4.14. The summed E-state index contributed by atoms with van der Waals surface area (Å²) in [4.78, 5) is 2.21. The summed E-state index contributed by atoms with van der Waals surface area (Å²) in [6, 6.07) is 9.50. The van der Waals surface area contributed by atoms with E-state index < -0.39 is 0 Å². The van der Waals surface area contributed by atoms with Crippen molar-refractivity contribution >= 4 is 5.69 Å². The molecule has 1 aliphatic carbocycles. The van der Waals surface area contributed by atoms with E-state index in [-0.39, 0.29) is 0 Å². The zero-order chi connectivity index (χ0) is 13.9. The van der Waals surface area contributed by atoms with Crippen LogP contribution in [0.3, 0.4) is 0 Å². The Morgan fingerprint density at radius 3 is 2.53 bits per heavy atom. The molecule has 1 fully saturated rings. The topological polar surface area (TPSA) is 15.3 Å². The van der Waals surface area contributed by atoms with Crippen molar-refractivity contribution in [3.63, 3.8) is 0 Å². The van der Waals surface area contributed by atoms with Crippen LogP contribution >= 0.6 is 0 Å². The minimum Gasteiger partial charge on any atom is -0.382 e. The predicted octanol–water partition coefficient (Wildman–Crippen LogP) is 4.13. The fraction of sp³-hybridized carbons (Fsp3) is 0.647. The molecule has 1 aromatic rings. The van der Waals surface area contributed by atoms with Crippen LogP contribution in [-0.4, -0.2) is 25.0 Å². The molecule has 2 nitrogen and oxygen atoms in total. The molecule has 0 unspecified atom stereocenters. The maximum atomic E-state index is 3.71. The number of hydrogen-bond acceptors (Lipinski definition) is 2. The monoisotopic (exact) mass is 260 g/mol. The molecular weight excluding hydrogens is 232 g/mol. The summed E-state index contributed by atoms with van der Waals surface area (Å²) in [5.41, 5.74) is 3.21. The number of hydrogen-bond donors (Lipinski definition) is 1. The first-order valence-corrected chi connectivity index (χ1v) is 7.45. The highest BCUT2D eigenvalue weighted by Crippen LogP contribution is 2.36. The van der Waals surface area contributed by atoms with Crippen molar-refractivity contribution in [2.24, 2.45) is 5.41 Å². The average Bonchev–Trinajstić information content (AvgIpc) is 2.32. The Morgan fingerprint density at radius 1 is 1.21 bits per heavy atom. The van der Waals surface area contributed by atoms with Gasteiger partial charge >= 0.3 is 0 Å². The lowest BCUT2D eigenvalue weighted by molar-refractivity contribution is 0.232. The van der Waals surface area contributed by atoms with Crippen molar-refractivity contribution in [3.8, 4) is 0 Å². The Morgan fingerprint density at radius 2 is 1.89 bits per heavy atom. The van der Waals surface area contributed by atoms with Crippen LogP contribution in [0.5, 0.6) is 0 Å². The van der Waals surface area contributed by atoms with Gasteiger partial charge in [0, 0.05) is 18.3 Å². The molecule has 0 saturated heterocycles. The summed E-state index contributed by atoms with van der Waals surface area (Å²) in [6.07, 6.45) is 5.26. The number of rotatable bonds is 4. The van der Waals surface area contributed by atoms with E-state index in [1.807, 2.05) is 0 Å². The van der Waals surface area contributed by atoms with E-state index in [2.05, 4.69) is 62.4 Å². The molecule has 1 saturated carbocycles. The fourth-order valence-electron chi connectivity index (χ4n) is 2.90. The lowest BCUT2D eigenvalue weighted by Crippen LogP contribution is -2.29. The van der Waals surface area contributed by atoms with E-state index in [9.17, 15) is 0 Å². The number of benzene rings is 1. The van der Waals surface area contributed by atoms with Gasteiger partial charge in [0.1, 0.15) is 0 Å². The van der Waals surface area contributed by atoms with Crippen LogP contribution in [0, 0.1) is 5.41 Å². The summed E-state index contributed by atoms with van der Waals surface area (Å²) in [7, 11) is 4.23. The number of anilines is 1. The smallest absolute Gasteiger partial charge is 0.0345 e. The van der Waals surface area contributed by atoms with Gasteiger partial charge < -0.3 is 10.2 Å². The molecule has 106 valence electrons. The molecular formula is C17H28N2. The molecule has 2 heteroatoms. The molecule has 0 bridgehead atoms. The molecule has 0 radical (unpaired) electrons. The van der Waals surface area contributed by atoms with Gasteiger partial charge in [-0.1, -0.05) is 26.0 Å². The molecule has 1 aromatic carbocycles. The van der Waals surface area contributed by atoms with Crippen molar-refractivity contribution in [1.82, 2.24) is 4.90 Å². The van der Waals surface area contributed by atoms with Crippen molar-refractivity contribution in [2.75, 3.05) is 19.4 Å². The van der Waals surface area contributed by atoms with Crippen LogP contribution < -0.4 is 5.32 Å². The summed E-state index contributed by atoms with van der Waals surface area (Å²) < 4.78 is 0. The maximum absolute atomic E-state index is 3.71. The average molecular weight is 260 g/mol.